The van der Waals surface area contributed by atoms with Gasteiger partial charge in [0.1, 0.15) is 0 Å². The minimum Gasteiger partial charge on any atom is -0.298 e. The molecule has 0 bridgehead atoms. The Balaban J connectivity index is 1.55. The molecule has 0 aliphatic carbocycles. The summed E-state index contributed by atoms with van der Waals surface area (Å²) in [6.07, 6.45) is 0. The van der Waals surface area contributed by atoms with Crippen molar-refractivity contribution in [1.29, 1.82) is 0 Å². The molecule has 0 spiro atoms. The number of nitrogens with zero attached hydrogens (tertiary/aromatic N) is 1. The first-order chi connectivity index (χ1) is 14.7. The van der Waals surface area contributed by atoms with Gasteiger partial charge in [-0.15, -0.1) is 0 Å². The molecule has 0 saturated carbocycles. The molecule has 1 heterocycles. The number of thiazole rings is 1. The van der Waals surface area contributed by atoms with E-state index in [1.807, 2.05) is 32.9 Å². The Morgan fingerprint density at radius 1 is 0.935 bits per heavy atom. The molecule has 8 heteroatoms. The number of anilines is 2. The standard InChI is InChI=1S/C23H21N3O3S2/c1-14-7-11-19(12-8-14)31(28,29)26-18-6-4-5-17(13-18)22(27)25-23-24-20-15(2)9-10-16(3)21(20)30-23/h4-13,26H,1-3H3,(H,24,25,27). The van der Waals surface area contributed by atoms with Crippen LogP contribution >= 0.6 is 11.3 Å². The van der Waals surface area contributed by atoms with Crippen LogP contribution < -0.4 is 10.0 Å². The summed E-state index contributed by atoms with van der Waals surface area (Å²) >= 11 is 1.42. The molecular formula is C23H21N3O3S2. The molecule has 1 amide bonds. The fourth-order valence-electron chi connectivity index (χ4n) is 3.14. The molecule has 0 atom stereocenters. The van der Waals surface area contributed by atoms with Crippen molar-refractivity contribution in [1.82, 2.24) is 4.98 Å². The zero-order valence-corrected chi connectivity index (χ0v) is 18.9. The maximum absolute atomic E-state index is 12.8. The summed E-state index contributed by atoms with van der Waals surface area (Å²) in [4.78, 5) is 17.5. The minimum absolute atomic E-state index is 0.160. The first kappa shape index (κ1) is 21.0. The number of benzene rings is 3. The Bertz CT molecular complexity index is 1350. The number of nitrogens with one attached hydrogen (secondary N) is 2. The summed E-state index contributed by atoms with van der Waals surface area (Å²) in [6, 6.07) is 17.0. The molecule has 31 heavy (non-hydrogen) atoms. The number of hydrogen-bond acceptors (Lipinski definition) is 5. The lowest BCUT2D eigenvalue weighted by molar-refractivity contribution is 0.102. The van der Waals surface area contributed by atoms with Crippen LogP contribution in [-0.2, 0) is 10.0 Å². The van der Waals surface area contributed by atoms with Gasteiger partial charge in [0.15, 0.2) is 5.13 Å². The average molecular weight is 452 g/mol. The number of amides is 1. The third kappa shape index (κ3) is 4.45. The topological polar surface area (TPSA) is 88.2 Å². The molecule has 158 valence electrons. The third-order valence-electron chi connectivity index (χ3n) is 4.87. The van der Waals surface area contributed by atoms with Crippen LogP contribution in [0.2, 0.25) is 0 Å². The second-order valence-corrected chi connectivity index (χ2v) is 10.0. The van der Waals surface area contributed by atoms with Crippen molar-refractivity contribution in [2.24, 2.45) is 0 Å². The van der Waals surface area contributed by atoms with E-state index < -0.39 is 10.0 Å². The zero-order valence-electron chi connectivity index (χ0n) is 17.3. The van der Waals surface area contributed by atoms with Crippen LogP contribution in [0.15, 0.2) is 65.6 Å². The van der Waals surface area contributed by atoms with Crippen LogP contribution in [0.5, 0.6) is 0 Å². The number of fused-ring (bicyclic) bond motifs is 1. The highest BCUT2D eigenvalue weighted by atomic mass is 32.2. The second kappa shape index (κ2) is 8.13. The number of aryl methyl sites for hydroxylation is 3. The Kier molecular flexibility index (Phi) is 5.51. The molecule has 3 aromatic carbocycles. The van der Waals surface area contributed by atoms with Crippen LogP contribution in [-0.4, -0.2) is 19.3 Å². The van der Waals surface area contributed by atoms with E-state index in [2.05, 4.69) is 15.0 Å². The average Bonchev–Trinajstić information content (AvgIpc) is 3.16. The predicted molar refractivity (Wildman–Crippen MR) is 125 cm³/mol. The van der Waals surface area contributed by atoms with E-state index in [-0.39, 0.29) is 10.8 Å². The minimum atomic E-state index is -3.75. The number of aromatic nitrogens is 1. The molecule has 0 fully saturated rings. The highest BCUT2D eigenvalue weighted by molar-refractivity contribution is 7.92. The monoisotopic (exact) mass is 451 g/mol. The van der Waals surface area contributed by atoms with Crippen molar-refractivity contribution in [3.8, 4) is 0 Å². The van der Waals surface area contributed by atoms with Crippen molar-refractivity contribution < 1.29 is 13.2 Å². The largest absolute Gasteiger partial charge is 0.298 e. The SMILES string of the molecule is Cc1ccc(S(=O)(=O)Nc2cccc(C(=O)Nc3nc4c(C)ccc(C)c4s3)c2)cc1. The molecule has 6 nitrogen and oxygen atoms in total. The fraction of sp³-hybridized carbons (Fsp3) is 0.130. The number of carbonyl (C=O) groups is 1. The Hall–Kier alpha value is -3.23. The summed E-state index contributed by atoms with van der Waals surface area (Å²) in [5.74, 6) is -0.356. The summed E-state index contributed by atoms with van der Waals surface area (Å²) in [5, 5.41) is 3.32. The van der Waals surface area contributed by atoms with Gasteiger partial charge in [-0.3, -0.25) is 14.8 Å². The zero-order chi connectivity index (χ0) is 22.2. The molecule has 1 aromatic heterocycles. The van der Waals surface area contributed by atoms with Gasteiger partial charge < -0.3 is 0 Å². The molecule has 4 aromatic rings. The Labute approximate surface area is 185 Å². The summed E-state index contributed by atoms with van der Waals surface area (Å²) in [7, 11) is -3.75. The molecule has 4 rings (SSSR count). The highest BCUT2D eigenvalue weighted by Crippen LogP contribution is 2.31. The van der Waals surface area contributed by atoms with E-state index in [1.165, 1.54) is 17.4 Å². The van der Waals surface area contributed by atoms with Crippen LogP contribution in [0.25, 0.3) is 10.2 Å². The lowest BCUT2D eigenvalue weighted by atomic mass is 10.1. The lowest BCUT2D eigenvalue weighted by Crippen LogP contribution is -2.15. The molecule has 0 aliphatic rings. The second-order valence-electron chi connectivity index (χ2n) is 7.35. The quantitative estimate of drug-likeness (QED) is 0.432. The molecular weight excluding hydrogens is 430 g/mol. The van der Waals surface area contributed by atoms with Crippen molar-refractivity contribution in [2.45, 2.75) is 25.7 Å². The van der Waals surface area contributed by atoms with Gasteiger partial charge >= 0.3 is 0 Å². The summed E-state index contributed by atoms with van der Waals surface area (Å²) in [6.45, 7) is 5.88. The maximum Gasteiger partial charge on any atom is 0.261 e. The maximum atomic E-state index is 12.8. The van der Waals surface area contributed by atoms with Gasteiger partial charge in [0, 0.05) is 11.3 Å². The lowest BCUT2D eigenvalue weighted by Gasteiger charge is -2.10. The van der Waals surface area contributed by atoms with E-state index in [9.17, 15) is 13.2 Å². The third-order valence-corrected chi connectivity index (χ3v) is 7.37. The highest BCUT2D eigenvalue weighted by Gasteiger charge is 2.16. The van der Waals surface area contributed by atoms with Crippen molar-refractivity contribution in [2.75, 3.05) is 10.0 Å². The fourth-order valence-corrected chi connectivity index (χ4v) is 5.19. The van der Waals surface area contributed by atoms with Crippen LogP contribution in [0.1, 0.15) is 27.0 Å². The molecule has 0 radical (unpaired) electrons. The van der Waals surface area contributed by atoms with Crippen molar-refractivity contribution >= 4 is 48.3 Å². The van der Waals surface area contributed by atoms with Gasteiger partial charge in [-0.2, -0.15) is 0 Å². The number of carbonyl (C=O) groups excluding carboxylic acids is 1. The van der Waals surface area contributed by atoms with E-state index in [4.69, 9.17) is 0 Å². The van der Waals surface area contributed by atoms with Gasteiger partial charge in [0.05, 0.1) is 15.1 Å². The van der Waals surface area contributed by atoms with E-state index in [0.29, 0.717) is 16.4 Å². The summed E-state index contributed by atoms with van der Waals surface area (Å²) < 4.78 is 28.8. The van der Waals surface area contributed by atoms with Crippen LogP contribution in [0, 0.1) is 20.8 Å². The number of rotatable bonds is 5. The number of sulfonamides is 1. The van der Waals surface area contributed by atoms with Crippen LogP contribution in [0.4, 0.5) is 10.8 Å². The Morgan fingerprint density at radius 2 is 1.65 bits per heavy atom. The van der Waals surface area contributed by atoms with Crippen molar-refractivity contribution in [3.05, 3.63) is 82.9 Å². The van der Waals surface area contributed by atoms with Crippen molar-refractivity contribution in [3.63, 3.8) is 0 Å². The predicted octanol–water partition coefficient (Wildman–Crippen LogP) is 5.27. The molecule has 0 saturated heterocycles. The summed E-state index contributed by atoms with van der Waals surface area (Å²) in [5.41, 5.74) is 4.63. The van der Waals surface area contributed by atoms with E-state index >= 15 is 0 Å². The van der Waals surface area contributed by atoms with Gasteiger partial charge in [-0.05, 0) is 62.2 Å². The first-order valence-electron chi connectivity index (χ1n) is 9.60. The van der Waals surface area contributed by atoms with Gasteiger partial charge in [-0.1, -0.05) is 47.2 Å². The van der Waals surface area contributed by atoms with E-state index in [1.54, 1.807) is 42.5 Å². The molecule has 0 unspecified atom stereocenters. The van der Waals surface area contributed by atoms with Gasteiger partial charge in [0.25, 0.3) is 15.9 Å². The molecule has 0 aliphatic heterocycles. The van der Waals surface area contributed by atoms with E-state index in [0.717, 1.165) is 26.9 Å². The first-order valence-corrected chi connectivity index (χ1v) is 11.9. The number of hydrogen-bond donors (Lipinski definition) is 2. The van der Waals surface area contributed by atoms with Gasteiger partial charge in [0.2, 0.25) is 0 Å². The van der Waals surface area contributed by atoms with Crippen LogP contribution in [0.3, 0.4) is 0 Å². The Morgan fingerprint density at radius 3 is 2.35 bits per heavy atom. The van der Waals surface area contributed by atoms with Gasteiger partial charge in [-0.25, -0.2) is 13.4 Å². The smallest absolute Gasteiger partial charge is 0.261 e. The normalized spacial score (nSPS) is 11.5. The molecule has 2 N–H and O–H groups in total.